The molecule has 0 atom stereocenters. The second kappa shape index (κ2) is 21.2. The summed E-state index contributed by atoms with van der Waals surface area (Å²) < 4.78 is 115. The molecular formula is C61H33Cl2F6N3O4V. The molecule has 0 aromatic heterocycles. The van der Waals surface area contributed by atoms with Gasteiger partial charge in [0, 0.05) is 18.6 Å². The molecule has 10 rings (SSSR count). The van der Waals surface area contributed by atoms with Gasteiger partial charge in [0.2, 0.25) is 5.41 Å². The Labute approximate surface area is 459 Å². The summed E-state index contributed by atoms with van der Waals surface area (Å²) in [6.45, 7) is 0. The average molecular weight is 1110 g/mol. The molecule has 0 heterocycles. The third-order valence-electron chi connectivity index (χ3n) is 13.1. The Balaban J connectivity index is 0.00000722. The van der Waals surface area contributed by atoms with Crippen LogP contribution < -0.4 is 18.9 Å². The van der Waals surface area contributed by atoms with Crippen LogP contribution in [0.5, 0.6) is 46.0 Å². The van der Waals surface area contributed by atoms with Gasteiger partial charge in [-0.1, -0.05) is 138 Å². The van der Waals surface area contributed by atoms with E-state index in [1.807, 2.05) is 66.7 Å². The minimum Gasteiger partial charge on any atom is -0.456 e. The van der Waals surface area contributed by atoms with Crippen LogP contribution in [0.4, 0.5) is 26.3 Å². The van der Waals surface area contributed by atoms with E-state index in [2.05, 4.69) is 36.4 Å². The van der Waals surface area contributed by atoms with Crippen molar-refractivity contribution in [3.63, 3.8) is 0 Å². The molecule has 7 nitrogen and oxygen atoms in total. The van der Waals surface area contributed by atoms with Crippen molar-refractivity contribution in [3.05, 3.63) is 260 Å². The van der Waals surface area contributed by atoms with Crippen molar-refractivity contribution in [3.8, 4) is 75.3 Å². The molecule has 16 heteroatoms. The first-order valence-electron chi connectivity index (χ1n) is 23.0. The number of hydrogen-bond donors (Lipinski definition) is 0. The van der Waals surface area contributed by atoms with Gasteiger partial charge < -0.3 is 18.9 Å². The first-order chi connectivity index (χ1) is 36.6. The third kappa shape index (κ3) is 9.37. The topological polar surface area (TPSA) is 108 Å². The second-order valence-corrected chi connectivity index (χ2v) is 18.1. The Morgan fingerprint density at radius 2 is 0.662 bits per heavy atom. The zero-order valence-corrected chi connectivity index (χ0v) is 42.4. The van der Waals surface area contributed by atoms with Crippen LogP contribution in [0.15, 0.2) is 200 Å². The van der Waals surface area contributed by atoms with Gasteiger partial charge in [0.1, 0.15) is 80.9 Å². The molecule has 0 saturated carbocycles. The number of nitriles is 3. The molecule has 0 spiro atoms. The maximum absolute atomic E-state index is 15.1. The maximum atomic E-state index is 15.1. The zero-order valence-electron chi connectivity index (χ0n) is 39.5. The van der Waals surface area contributed by atoms with Crippen LogP contribution >= 0.6 is 23.2 Å². The molecule has 0 unspecified atom stereocenters. The number of halogens is 8. The first kappa shape index (κ1) is 53.2. The van der Waals surface area contributed by atoms with Gasteiger partial charge in [-0.05, 0) is 129 Å². The van der Waals surface area contributed by atoms with Gasteiger partial charge in [-0.15, -0.1) is 0 Å². The molecule has 1 aliphatic rings. The predicted octanol–water partition coefficient (Wildman–Crippen LogP) is 17.5. The quantitative estimate of drug-likeness (QED) is 0.112. The summed E-state index contributed by atoms with van der Waals surface area (Å²) in [5.41, 5.74) is -1.66. The van der Waals surface area contributed by atoms with Crippen LogP contribution in [0.2, 0.25) is 10.0 Å². The maximum Gasteiger partial charge on any atom is 0.411 e. The van der Waals surface area contributed by atoms with E-state index in [1.54, 1.807) is 30.3 Å². The van der Waals surface area contributed by atoms with E-state index in [1.165, 1.54) is 36.4 Å². The summed E-state index contributed by atoms with van der Waals surface area (Å²) in [6.07, 6.45) is -11.8. The van der Waals surface area contributed by atoms with Crippen LogP contribution in [0.25, 0.3) is 11.1 Å². The summed E-state index contributed by atoms with van der Waals surface area (Å²) in [7, 11) is 0. The van der Waals surface area contributed by atoms with E-state index in [9.17, 15) is 15.8 Å². The number of hydrogen-bond acceptors (Lipinski definition) is 7. The number of benzene rings is 9. The standard InChI is InChI=1S/C61H33Cl2F6N3O4.V/c62-52-12-5-14-54(47(52)34-70)73-41-26-18-37(19-27-41)58(50-10-3-1-8-45(50)46-9-2-4-11-51(46)58)38-20-28-42(29-21-38)75-56-16-7-17-57(49(56)36-72)76-44-32-24-40(25-33-44)59(60(64,65)66,61(67,68)69)39-22-30-43(31-23-39)74-55-15-6-13-53(63)48(55)35-71;/h1-33H;. The van der Waals surface area contributed by atoms with Crippen molar-refractivity contribution in [2.24, 2.45) is 0 Å². The third-order valence-corrected chi connectivity index (χ3v) is 13.8. The smallest absolute Gasteiger partial charge is 0.411 e. The van der Waals surface area contributed by atoms with Crippen LogP contribution in [-0.4, -0.2) is 12.4 Å². The van der Waals surface area contributed by atoms with E-state index in [4.69, 9.17) is 42.1 Å². The molecule has 9 aromatic carbocycles. The van der Waals surface area contributed by atoms with E-state index in [-0.39, 0.29) is 74.0 Å². The summed E-state index contributed by atoms with van der Waals surface area (Å²) in [4.78, 5) is 0. The van der Waals surface area contributed by atoms with E-state index < -0.39 is 34.3 Å². The Bertz CT molecular complexity index is 3760. The summed E-state index contributed by atoms with van der Waals surface area (Å²) in [5.74, 6) is 0.755. The fourth-order valence-electron chi connectivity index (χ4n) is 9.79. The normalized spacial score (nSPS) is 12.4. The predicted molar refractivity (Wildman–Crippen MR) is 273 cm³/mol. The molecule has 1 radical (unpaired) electrons. The molecule has 0 amide bonds. The van der Waals surface area contributed by atoms with Gasteiger partial charge in [-0.2, -0.15) is 42.1 Å². The average Bonchev–Trinajstić information content (AvgIpc) is 3.85. The van der Waals surface area contributed by atoms with Crippen LogP contribution in [0.3, 0.4) is 0 Å². The van der Waals surface area contributed by atoms with Gasteiger partial charge in [0.15, 0.2) is 0 Å². The number of nitrogens with zero attached hydrogens (tertiary/aromatic N) is 3. The zero-order chi connectivity index (χ0) is 53.4. The van der Waals surface area contributed by atoms with Gasteiger partial charge >= 0.3 is 12.4 Å². The number of alkyl halides is 6. The summed E-state index contributed by atoms with van der Waals surface area (Å²) >= 11 is 12.3. The first-order valence-corrected chi connectivity index (χ1v) is 23.7. The molecule has 0 saturated heterocycles. The van der Waals surface area contributed by atoms with Crippen molar-refractivity contribution in [2.45, 2.75) is 23.2 Å². The largest absolute Gasteiger partial charge is 0.456 e. The Kier molecular flexibility index (Phi) is 14.7. The van der Waals surface area contributed by atoms with E-state index in [0.29, 0.717) is 41.5 Å². The SMILES string of the molecule is N#Cc1c(Cl)cccc1Oc1ccc(C2(c3ccc(Oc4cccc(Oc5ccc(C(c6ccc(Oc7cccc(Cl)c7C#N)cc6)(C(F)(F)F)C(F)(F)F)cc5)c4C#N)cc3)c3ccccc3-c3ccccc32)cc1.[V]. The van der Waals surface area contributed by atoms with Crippen molar-refractivity contribution >= 4 is 23.2 Å². The van der Waals surface area contributed by atoms with Crippen molar-refractivity contribution < 1.29 is 63.8 Å². The van der Waals surface area contributed by atoms with Gasteiger partial charge in [-0.3, -0.25) is 0 Å². The van der Waals surface area contributed by atoms with Crippen LogP contribution in [0.1, 0.15) is 50.1 Å². The molecular weight excluding hydrogens is 1070 g/mol. The fraction of sp³-hybridized carbons (Fsp3) is 0.0656. The van der Waals surface area contributed by atoms with E-state index in [0.717, 1.165) is 57.6 Å². The number of ether oxygens (including phenoxy) is 4. The van der Waals surface area contributed by atoms with Crippen LogP contribution in [0, 0.1) is 34.0 Å². The molecule has 77 heavy (non-hydrogen) atoms. The molecule has 0 bridgehead atoms. The van der Waals surface area contributed by atoms with E-state index >= 15 is 26.3 Å². The van der Waals surface area contributed by atoms with Crippen LogP contribution in [-0.2, 0) is 29.4 Å². The second-order valence-electron chi connectivity index (χ2n) is 17.3. The molecule has 377 valence electrons. The van der Waals surface area contributed by atoms with Gasteiger partial charge in [0.25, 0.3) is 0 Å². The van der Waals surface area contributed by atoms with Crippen molar-refractivity contribution in [1.82, 2.24) is 0 Å². The molecule has 9 aromatic rings. The summed E-state index contributed by atoms with van der Waals surface area (Å²) in [5, 5.41) is 29.9. The number of rotatable bonds is 12. The van der Waals surface area contributed by atoms with Crippen molar-refractivity contribution in [2.75, 3.05) is 0 Å². The molecule has 1 aliphatic carbocycles. The fourth-order valence-corrected chi connectivity index (χ4v) is 10.2. The Hall–Kier alpha value is -8.61. The van der Waals surface area contributed by atoms with Gasteiger partial charge in [0.05, 0.1) is 15.5 Å². The monoisotopic (exact) mass is 1110 g/mol. The summed E-state index contributed by atoms with van der Waals surface area (Å²) in [6, 6.07) is 57.4. The minimum atomic E-state index is -5.90. The Morgan fingerprint density at radius 1 is 0.364 bits per heavy atom. The molecule has 0 aliphatic heterocycles. The van der Waals surface area contributed by atoms with Gasteiger partial charge in [-0.25, -0.2) is 0 Å². The molecule has 0 fully saturated rings. The minimum absolute atomic E-state index is 0. The Morgan fingerprint density at radius 3 is 0.987 bits per heavy atom. The van der Waals surface area contributed by atoms with Crippen molar-refractivity contribution in [1.29, 1.82) is 15.8 Å². The number of fused-ring (bicyclic) bond motifs is 3. The molecule has 0 N–H and O–H groups in total.